The van der Waals surface area contributed by atoms with E-state index in [1.165, 1.54) is 4.31 Å². The van der Waals surface area contributed by atoms with Gasteiger partial charge in [-0.05, 0) is 83.4 Å². The second-order valence-electron chi connectivity index (χ2n) is 11.2. The van der Waals surface area contributed by atoms with Gasteiger partial charge in [0.05, 0.1) is 30.8 Å². The number of nitrogens with zero attached hydrogens (tertiary/aromatic N) is 2. The zero-order chi connectivity index (χ0) is 31.7. The fourth-order valence-electron chi connectivity index (χ4n) is 4.18. The Balaban J connectivity index is 2.42. The zero-order valence-corrected chi connectivity index (χ0v) is 26.8. The van der Waals surface area contributed by atoms with Gasteiger partial charge in [0.2, 0.25) is 21.8 Å². The highest BCUT2D eigenvalue weighted by molar-refractivity contribution is 7.92. The smallest absolute Gasteiger partial charge is 0.314 e. The predicted molar refractivity (Wildman–Crippen MR) is 165 cm³/mol. The number of aliphatic hydroxyl groups is 1. The molecule has 1 heterocycles. The van der Waals surface area contributed by atoms with E-state index in [9.17, 15) is 23.1 Å². The van der Waals surface area contributed by atoms with Crippen molar-refractivity contribution in [2.24, 2.45) is 5.41 Å². The number of carbonyl (C=O) groups is 2. The summed E-state index contributed by atoms with van der Waals surface area (Å²) in [6.07, 6.45) is 8.01. The number of hydrogen-bond donors (Lipinski definition) is 2. The number of esters is 1. The fourth-order valence-corrected chi connectivity index (χ4v) is 5.10. The summed E-state index contributed by atoms with van der Waals surface area (Å²) in [6.45, 7) is 13.2. The van der Waals surface area contributed by atoms with E-state index in [2.05, 4.69) is 11.9 Å². The molecule has 10 nitrogen and oxygen atoms in total. The molecule has 1 aromatic rings. The molecule has 0 aliphatic heterocycles. The molecule has 0 saturated heterocycles. The van der Waals surface area contributed by atoms with E-state index in [-0.39, 0.29) is 62.5 Å². The first-order valence-corrected chi connectivity index (χ1v) is 16.2. The highest BCUT2D eigenvalue weighted by atomic mass is 32.2. The average Bonchev–Trinajstić information content (AvgIpc) is 3.78. The Hall–Kier alpha value is -3.18. The Morgan fingerprint density at radius 2 is 1.98 bits per heavy atom. The van der Waals surface area contributed by atoms with Crippen LogP contribution in [0.1, 0.15) is 77.3 Å². The second-order valence-corrected chi connectivity index (χ2v) is 13.1. The number of nitrogens with one attached hydrogen (secondary N) is 1. The number of likely N-dealkylation sites (N-methyl/N-ethyl adjacent to an activating group) is 1. The van der Waals surface area contributed by atoms with Crippen LogP contribution in [0, 0.1) is 5.41 Å². The van der Waals surface area contributed by atoms with Gasteiger partial charge < -0.3 is 19.9 Å². The van der Waals surface area contributed by atoms with Gasteiger partial charge in [0.25, 0.3) is 0 Å². The summed E-state index contributed by atoms with van der Waals surface area (Å²) in [6, 6.07) is 1.82. The summed E-state index contributed by atoms with van der Waals surface area (Å²) < 4.78 is 38.5. The number of amides is 1. The molecule has 1 saturated carbocycles. The van der Waals surface area contributed by atoms with Crippen molar-refractivity contribution in [3.8, 4) is 5.88 Å². The molecule has 0 radical (unpaired) electrons. The maximum atomic E-state index is 13.1. The van der Waals surface area contributed by atoms with Crippen LogP contribution in [-0.4, -0.2) is 69.6 Å². The summed E-state index contributed by atoms with van der Waals surface area (Å²) >= 11 is 0. The highest BCUT2D eigenvalue weighted by Crippen LogP contribution is 2.46. The fraction of sp³-hybridized carbons (Fsp3) is 0.581. The molecule has 0 spiro atoms. The van der Waals surface area contributed by atoms with E-state index < -0.39 is 27.5 Å². The first-order valence-electron chi connectivity index (χ1n) is 14.3. The number of hydrogen-bond acceptors (Lipinski definition) is 8. The van der Waals surface area contributed by atoms with E-state index in [1.54, 1.807) is 27.8 Å². The maximum absolute atomic E-state index is 13.1. The molecule has 1 aromatic heterocycles. The molecular weight excluding hydrogens is 558 g/mol. The van der Waals surface area contributed by atoms with Gasteiger partial charge in [-0.3, -0.25) is 13.9 Å². The first kappa shape index (κ1) is 35.0. The lowest BCUT2D eigenvalue weighted by Crippen LogP contribution is -2.39. The Kier molecular flexibility index (Phi) is 12.8. The van der Waals surface area contributed by atoms with Crippen LogP contribution in [-0.2, 0) is 30.8 Å². The van der Waals surface area contributed by atoms with E-state index in [0.29, 0.717) is 11.1 Å². The topological polar surface area (TPSA) is 135 Å². The third-order valence-corrected chi connectivity index (χ3v) is 8.41. The number of aliphatic hydroxyl groups excluding tert-OH is 1. The van der Waals surface area contributed by atoms with Crippen molar-refractivity contribution in [2.75, 3.05) is 37.4 Å². The maximum Gasteiger partial charge on any atom is 0.314 e. The lowest BCUT2D eigenvalue weighted by atomic mass is 9.84. The quantitative estimate of drug-likeness (QED) is 0.199. The van der Waals surface area contributed by atoms with Gasteiger partial charge in [0.1, 0.15) is 12.4 Å². The predicted octanol–water partition coefficient (Wildman–Crippen LogP) is 4.20. The van der Waals surface area contributed by atoms with Crippen molar-refractivity contribution < 1.29 is 32.6 Å². The van der Waals surface area contributed by atoms with Crippen molar-refractivity contribution in [1.82, 2.24) is 10.3 Å². The zero-order valence-electron chi connectivity index (χ0n) is 26.0. The average molecular weight is 606 g/mol. The normalized spacial score (nSPS) is 14.9. The number of carbonyl (C=O) groups excluding carboxylic acids is 2. The van der Waals surface area contributed by atoms with Crippen LogP contribution < -0.4 is 14.4 Å². The van der Waals surface area contributed by atoms with Gasteiger partial charge in [-0.1, -0.05) is 30.4 Å². The van der Waals surface area contributed by atoms with E-state index >= 15 is 0 Å². The molecule has 0 aromatic carbocycles. The van der Waals surface area contributed by atoms with Crippen LogP contribution >= 0.6 is 0 Å². The van der Waals surface area contributed by atoms with Crippen molar-refractivity contribution >= 4 is 27.7 Å². The molecule has 234 valence electrons. The van der Waals surface area contributed by atoms with Crippen LogP contribution in [0.5, 0.6) is 5.88 Å². The van der Waals surface area contributed by atoms with Gasteiger partial charge in [-0.25, -0.2) is 8.42 Å². The molecule has 1 aliphatic carbocycles. The lowest BCUT2D eigenvalue weighted by molar-refractivity contribution is -0.160. The van der Waals surface area contributed by atoms with Crippen LogP contribution in [0.15, 0.2) is 42.0 Å². The highest BCUT2D eigenvalue weighted by Gasteiger charge is 2.38. The molecule has 1 fully saturated rings. The molecule has 1 unspecified atom stereocenters. The summed E-state index contributed by atoms with van der Waals surface area (Å²) in [5.74, 6) is -0.213. The van der Waals surface area contributed by atoms with E-state index in [4.69, 9.17) is 14.5 Å². The molecule has 1 aliphatic rings. The number of allylic oxidation sites excluding steroid dienone is 3. The van der Waals surface area contributed by atoms with E-state index in [0.717, 1.165) is 30.2 Å². The number of anilines is 1. The van der Waals surface area contributed by atoms with Crippen molar-refractivity contribution in [1.29, 1.82) is 0 Å². The third-order valence-electron chi connectivity index (χ3n) is 7.26. The monoisotopic (exact) mass is 605 g/mol. The van der Waals surface area contributed by atoms with Gasteiger partial charge in [0, 0.05) is 19.2 Å². The summed E-state index contributed by atoms with van der Waals surface area (Å²) in [5, 5.41) is 13.4. The van der Waals surface area contributed by atoms with Gasteiger partial charge >= 0.3 is 5.97 Å². The lowest BCUT2D eigenvalue weighted by Gasteiger charge is -2.29. The number of ether oxygens (including phenoxy) is 2. The second kappa shape index (κ2) is 15.3. The molecule has 1 atom stereocenters. The summed E-state index contributed by atoms with van der Waals surface area (Å²) in [4.78, 5) is 29.4. The number of aromatic nitrogens is 1. The third kappa shape index (κ3) is 9.97. The Morgan fingerprint density at radius 1 is 1.31 bits per heavy atom. The van der Waals surface area contributed by atoms with Crippen LogP contribution in [0.4, 0.5) is 5.82 Å². The largest absolute Gasteiger partial charge is 0.473 e. The van der Waals surface area contributed by atoms with Crippen molar-refractivity contribution in [3.05, 3.63) is 53.1 Å². The summed E-state index contributed by atoms with van der Waals surface area (Å²) in [7, 11) is -2.24. The number of sulfonamides is 1. The van der Waals surface area contributed by atoms with Crippen LogP contribution in [0.3, 0.4) is 0 Å². The molecule has 2 rings (SSSR count). The Labute approximate surface area is 250 Å². The minimum atomic E-state index is -3.79. The number of pyridine rings is 1. The van der Waals surface area contributed by atoms with Gasteiger partial charge in [0.15, 0.2) is 0 Å². The molecule has 2 N–H and O–H groups in total. The molecule has 1 amide bonds. The molecule has 11 heteroatoms. The standard InChI is InChI=1S/C31H47N3O7S/c1-9-21(3)13-14-22(4)20-41-29-24(19-27(36)32-7)18-25(23-15-16-23)28(33-29)34(42(8,38)39)17-11-12-26(35)31(5,6)30(37)40-10-2/h9,13-14,18,23,26,35H,4,10-12,15-17,19-20H2,1-3,5-8H3,(H,32,36)/b14-13-,21-9-. The Bertz CT molecular complexity index is 1300. The Morgan fingerprint density at radius 3 is 2.52 bits per heavy atom. The molecular formula is C31H47N3O7S. The number of rotatable bonds is 17. The first-order chi connectivity index (χ1) is 19.6. The van der Waals surface area contributed by atoms with Crippen LogP contribution in [0.2, 0.25) is 0 Å². The van der Waals surface area contributed by atoms with E-state index in [1.807, 2.05) is 38.1 Å². The SMILES string of the molecule is C=C(/C=C\C(C)=C/C)COc1nc(N(CCCC(O)C(C)(C)C(=O)OCC)S(C)(=O)=O)c(C2CC2)cc1CC(=O)NC. The van der Waals surface area contributed by atoms with Gasteiger partial charge in [-0.2, -0.15) is 4.98 Å². The van der Waals surface area contributed by atoms with Crippen molar-refractivity contribution in [2.45, 2.75) is 78.7 Å². The summed E-state index contributed by atoms with van der Waals surface area (Å²) in [5.41, 5.74) is 1.89. The molecule has 0 bridgehead atoms. The molecule has 42 heavy (non-hydrogen) atoms. The van der Waals surface area contributed by atoms with Gasteiger partial charge in [-0.15, -0.1) is 0 Å². The van der Waals surface area contributed by atoms with Crippen LogP contribution in [0.25, 0.3) is 0 Å². The minimum Gasteiger partial charge on any atom is -0.473 e. The minimum absolute atomic E-state index is 0.0207. The van der Waals surface area contributed by atoms with Crippen molar-refractivity contribution in [3.63, 3.8) is 0 Å².